The Morgan fingerprint density at radius 1 is 0.310 bits per heavy atom. The van der Waals surface area contributed by atoms with Gasteiger partial charge in [-0.3, -0.25) is 37.3 Å². The van der Waals surface area contributed by atoms with Crippen molar-refractivity contribution in [3.8, 4) is 0 Å². The Bertz CT molecular complexity index is 1700. The lowest BCUT2D eigenvalue weighted by Gasteiger charge is -2.21. The lowest BCUT2D eigenvalue weighted by atomic mass is 10.0. The molecule has 0 aromatic carbocycles. The molecule has 0 aliphatic heterocycles. The number of carbonyl (C=O) groups excluding carboxylic acids is 4. The van der Waals surface area contributed by atoms with E-state index in [0.29, 0.717) is 25.7 Å². The molecule has 0 bridgehead atoms. The highest BCUT2D eigenvalue weighted by Crippen LogP contribution is 2.45. The van der Waals surface area contributed by atoms with Gasteiger partial charge in [0.1, 0.15) is 19.3 Å². The molecule has 17 nitrogen and oxygen atoms in total. The molecule has 0 fully saturated rings. The summed E-state index contributed by atoms with van der Waals surface area (Å²) < 4.78 is 68.1. The van der Waals surface area contributed by atoms with Gasteiger partial charge in [0.25, 0.3) is 0 Å². The summed E-state index contributed by atoms with van der Waals surface area (Å²) in [6, 6.07) is 0. The summed E-state index contributed by atoms with van der Waals surface area (Å²) >= 11 is 0. The summed E-state index contributed by atoms with van der Waals surface area (Å²) in [5, 5.41) is 10.6. The zero-order valence-electron chi connectivity index (χ0n) is 56.3. The number of hydrogen-bond acceptors (Lipinski definition) is 15. The third-order valence-electron chi connectivity index (χ3n) is 15.7. The van der Waals surface area contributed by atoms with Crippen molar-refractivity contribution in [1.29, 1.82) is 0 Å². The molecule has 0 aromatic rings. The fraction of sp³-hybridized carbons (Fsp3) is 0.941. The van der Waals surface area contributed by atoms with E-state index in [0.717, 1.165) is 102 Å². The first-order valence-corrected chi connectivity index (χ1v) is 38.5. The van der Waals surface area contributed by atoms with Crippen molar-refractivity contribution in [2.45, 2.75) is 362 Å². The fourth-order valence-corrected chi connectivity index (χ4v) is 11.8. The van der Waals surface area contributed by atoms with Gasteiger partial charge < -0.3 is 33.8 Å². The van der Waals surface area contributed by atoms with Crippen LogP contribution in [0.5, 0.6) is 0 Å². The van der Waals surface area contributed by atoms with Gasteiger partial charge in [0.2, 0.25) is 0 Å². The van der Waals surface area contributed by atoms with Crippen molar-refractivity contribution in [3.05, 3.63) is 0 Å². The molecule has 0 aromatic heterocycles. The maximum absolute atomic E-state index is 13.0. The molecule has 0 amide bonds. The van der Waals surface area contributed by atoms with Crippen molar-refractivity contribution < 1.29 is 80.2 Å². The van der Waals surface area contributed by atoms with E-state index in [4.69, 9.17) is 37.0 Å². The largest absolute Gasteiger partial charge is 0.472 e. The van der Waals surface area contributed by atoms with Crippen LogP contribution in [0.25, 0.3) is 0 Å². The van der Waals surface area contributed by atoms with Gasteiger partial charge in [-0.25, -0.2) is 9.13 Å². The highest BCUT2D eigenvalue weighted by atomic mass is 31.2. The number of hydrogen-bond donors (Lipinski definition) is 3. The molecule has 0 spiro atoms. The van der Waals surface area contributed by atoms with E-state index < -0.39 is 97.5 Å². The second-order valence-electron chi connectivity index (χ2n) is 25.5. The summed E-state index contributed by atoms with van der Waals surface area (Å²) in [4.78, 5) is 72.4. The van der Waals surface area contributed by atoms with Crippen molar-refractivity contribution >= 4 is 39.5 Å². The number of rotatable bonds is 67. The van der Waals surface area contributed by atoms with E-state index >= 15 is 0 Å². The van der Waals surface area contributed by atoms with Crippen LogP contribution in [0.4, 0.5) is 0 Å². The Morgan fingerprint density at radius 3 is 0.782 bits per heavy atom. The minimum absolute atomic E-state index is 0.104. The van der Waals surface area contributed by atoms with Gasteiger partial charge >= 0.3 is 39.5 Å². The second kappa shape index (κ2) is 60.3. The smallest absolute Gasteiger partial charge is 0.462 e. The number of unbranched alkanes of at least 4 members (excludes halogenated alkanes) is 37. The van der Waals surface area contributed by atoms with Crippen LogP contribution in [0.3, 0.4) is 0 Å². The molecular weight excluding hydrogens is 1150 g/mol. The number of carbonyl (C=O) groups is 4. The van der Waals surface area contributed by atoms with Gasteiger partial charge in [-0.2, -0.15) is 0 Å². The van der Waals surface area contributed by atoms with Gasteiger partial charge in [0.15, 0.2) is 12.2 Å². The monoisotopic (exact) mass is 1280 g/mol. The first-order chi connectivity index (χ1) is 41.9. The van der Waals surface area contributed by atoms with Crippen LogP contribution in [-0.4, -0.2) is 96.7 Å². The van der Waals surface area contributed by atoms with Crippen LogP contribution >= 0.6 is 15.6 Å². The SMILES string of the molecule is CCCCCCCCCCCCCCCCCCC(=O)O[C@H](COC(=O)CCCCCCCCCCC(C)C)COP(=O)(O)OC[C@@H](O)COP(=O)(O)OC[C@@H](COC(=O)CCCCCCCCCCC)OC(=O)CCCCCCCCCCC(C)C. The lowest BCUT2D eigenvalue weighted by molar-refractivity contribution is -0.161. The minimum Gasteiger partial charge on any atom is -0.462 e. The molecule has 0 aliphatic rings. The predicted octanol–water partition coefficient (Wildman–Crippen LogP) is 19.2. The molecule has 0 saturated heterocycles. The molecule has 5 atom stereocenters. The highest BCUT2D eigenvalue weighted by molar-refractivity contribution is 7.47. The molecule has 2 unspecified atom stereocenters. The van der Waals surface area contributed by atoms with Gasteiger partial charge in [-0.05, 0) is 37.5 Å². The molecule has 0 aliphatic carbocycles. The van der Waals surface area contributed by atoms with Crippen LogP contribution in [-0.2, 0) is 65.4 Å². The third kappa shape index (κ3) is 62.6. The number of phosphoric acid groups is 2. The third-order valence-corrected chi connectivity index (χ3v) is 17.6. The number of esters is 4. The molecule has 0 rings (SSSR count). The molecule has 0 saturated carbocycles. The van der Waals surface area contributed by atoms with Gasteiger partial charge in [-0.1, -0.05) is 292 Å². The summed E-state index contributed by atoms with van der Waals surface area (Å²) in [5.41, 5.74) is 0. The van der Waals surface area contributed by atoms with Crippen LogP contribution in [0.2, 0.25) is 0 Å². The quantitative estimate of drug-likeness (QED) is 0.0222. The van der Waals surface area contributed by atoms with E-state index in [9.17, 15) is 43.2 Å². The standard InChI is InChI=1S/C68H132O17P2/c1-7-9-11-13-15-17-18-19-20-21-22-23-25-34-40-46-52-67(72)84-63(57-79-66(71)51-45-39-33-28-26-30-36-42-48-60(3)4)58-82-86(74,75)80-54-62(69)55-81-87(76,77)83-59-64(56-78-65(70)50-44-38-32-24-16-14-12-10-8-2)85-68(73)53-47-41-35-29-27-31-37-43-49-61(5)6/h60-64,69H,7-59H2,1-6H3,(H,74,75)(H,76,77)/t62-,63-,64-/m1/s1. The Kier molecular flexibility index (Phi) is 59.0. The van der Waals surface area contributed by atoms with E-state index in [-0.39, 0.29) is 25.7 Å². The van der Waals surface area contributed by atoms with Gasteiger partial charge in [0.05, 0.1) is 26.4 Å². The summed E-state index contributed by atoms with van der Waals surface area (Å²) in [6.07, 6.45) is 44.5. The van der Waals surface area contributed by atoms with Crippen LogP contribution in [0.15, 0.2) is 0 Å². The van der Waals surface area contributed by atoms with E-state index in [1.165, 1.54) is 161 Å². The first kappa shape index (κ1) is 85.1. The molecule has 0 heterocycles. The molecule has 0 radical (unpaired) electrons. The van der Waals surface area contributed by atoms with Crippen molar-refractivity contribution in [2.75, 3.05) is 39.6 Å². The lowest BCUT2D eigenvalue weighted by Crippen LogP contribution is -2.30. The molecule has 19 heteroatoms. The Labute approximate surface area is 530 Å². The van der Waals surface area contributed by atoms with Crippen LogP contribution in [0.1, 0.15) is 343 Å². The number of ether oxygens (including phenoxy) is 4. The summed E-state index contributed by atoms with van der Waals surface area (Å²) in [7, 11) is -9.89. The Hall–Kier alpha value is -1.94. The van der Waals surface area contributed by atoms with Gasteiger partial charge in [0, 0.05) is 25.7 Å². The Balaban J connectivity index is 5.23. The minimum atomic E-state index is -4.95. The fourth-order valence-electron chi connectivity index (χ4n) is 10.2. The Morgan fingerprint density at radius 2 is 0.529 bits per heavy atom. The number of aliphatic hydroxyl groups is 1. The van der Waals surface area contributed by atoms with E-state index in [2.05, 4.69) is 41.5 Å². The molecule has 516 valence electrons. The van der Waals surface area contributed by atoms with Crippen LogP contribution in [0, 0.1) is 11.8 Å². The highest BCUT2D eigenvalue weighted by Gasteiger charge is 2.30. The molecular formula is C68H132O17P2. The van der Waals surface area contributed by atoms with E-state index in [1.54, 1.807) is 0 Å². The maximum atomic E-state index is 13.0. The van der Waals surface area contributed by atoms with Crippen molar-refractivity contribution in [2.24, 2.45) is 11.8 Å². The second-order valence-corrected chi connectivity index (χ2v) is 28.4. The first-order valence-electron chi connectivity index (χ1n) is 35.5. The molecule has 87 heavy (non-hydrogen) atoms. The number of aliphatic hydroxyl groups excluding tert-OH is 1. The average molecular weight is 1280 g/mol. The maximum Gasteiger partial charge on any atom is 0.472 e. The van der Waals surface area contributed by atoms with Gasteiger partial charge in [-0.15, -0.1) is 0 Å². The summed E-state index contributed by atoms with van der Waals surface area (Å²) in [6.45, 7) is 9.44. The summed E-state index contributed by atoms with van der Waals surface area (Å²) in [5.74, 6) is -0.685. The van der Waals surface area contributed by atoms with E-state index in [1.807, 2.05) is 0 Å². The predicted molar refractivity (Wildman–Crippen MR) is 349 cm³/mol. The van der Waals surface area contributed by atoms with Crippen molar-refractivity contribution in [3.63, 3.8) is 0 Å². The van der Waals surface area contributed by atoms with Crippen LogP contribution < -0.4 is 0 Å². The molecule has 3 N–H and O–H groups in total. The number of phosphoric ester groups is 2. The van der Waals surface area contributed by atoms with Crippen molar-refractivity contribution in [1.82, 2.24) is 0 Å². The zero-order chi connectivity index (χ0) is 64.3. The zero-order valence-corrected chi connectivity index (χ0v) is 58.1. The average Bonchev–Trinajstić information content (AvgIpc) is 3.67. The normalized spacial score (nSPS) is 14.2. The topological polar surface area (TPSA) is 237 Å².